The summed E-state index contributed by atoms with van der Waals surface area (Å²) < 4.78 is 0. The van der Waals surface area contributed by atoms with E-state index in [0.29, 0.717) is 6.42 Å². The van der Waals surface area contributed by atoms with Gasteiger partial charge in [-0.15, -0.1) is 0 Å². The summed E-state index contributed by atoms with van der Waals surface area (Å²) in [4.78, 5) is 9.96. The zero-order valence-electron chi connectivity index (χ0n) is 7.35. The van der Waals surface area contributed by atoms with Crippen LogP contribution in [-0.4, -0.2) is 5.97 Å². The second-order valence-corrected chi connectivity index (χ2v) is 2.37. The molecule has 0 aromatic carbocycles. The van der Waals surface area contributed by atoms with Crippen LogP contribution in [0.1, 0.15) is 32.6 Å². The number of carboxylic acid groups (broad SMARTS) is 1. The van der Waals surface area contributed by atoms with Gasteiger partial charge in [0.2, 0.25) is 0 Å². The summed E-state index contributed by atoms with van der Waals surface area (Å²) in [6.07, 6.45) is 2.63. The van der Waals surface area contributed by atoms with Gasteiger partial charge in [-0.3, -0.25) is 0 Å². The molecular weight excluding hydrogens is 151 g/mol. The van der Waals surface area contributed by atoms with Crippen molar-refractivity contribution < 1.29 is 39.5 Å². The number of aliphatic carboxylic acids is 1. The molecular formula is C8H13NaO2. The van der Waals surface area contributed by atoms with Crippen LogP contribution in [0.2, 0.25) is 0 Å². The third-order valence-electron chi connectivity index (χ3n) is 1.29. The summed E-state index contributed by atoms with van der Waals surface area (Å²) in [6.45, 7) is 5.77. The minimum Gasteiger partial charge on any atom is -0.550 e. The molecule has 0 N–H and O–H groups in total. The van der Waals surface area contributed by atoms with Gasteiger partial charge in [0.1, 0.15) is 0 Å². The van der Waals surface area contributed by atoms with Crippen molar-refractivity contribution in [2.45, 2.75) is 32.6 Å². The number of hydrogen-bond donors (Lipinski definition) is 0. The van der Waals surface area contributed by atoms with Gasteiger partial charge in [-0.05, 0) is 19.3 Å². The maximum absolute atomic E-state index is 9.96. The van der Waals surface area contributed by atoms with Crippen LogP contribution in [0.5, 0.6) is 0 Å². The summed E-state index contributed by atoms with van der Waals surface area (Å²) in [5.41, 5.74) is 1.01. The Hall–Kier alpha value is 0.210. The van der Waals surface area contributed by atoms with Crippen molar-refractivity contribution in [1.29, 1.82) is 0 Å². The van der Waals surface area contributed by atoms with Gasteiger partial charge in [0.25, 0.3) is 0 Å². The van der Waals surface area contributed by atoms with Crippen molar-refractivity contribution in [2.75, 3.05) is 0 Å². The van der Waals surface area contributed by atoms with Gasteiger partial charge in [0.05, 0.1) is 0 Å². The molecule has 2 nitrogen and oxygen atoms in total. The maximum atomic E-state index is 9.96. The summed E-state index contributed by atoms with van der Waals surface area (Å²) in [7, 11) is 0. The van der Waals surface area contributed by atoms with Crippen molar-refractivity contribution >= 4 is 5.97 Å². The van der Waals surface area contributed by atoms with Crippen molar-refractivity contribution in [3.8, 4) is 0 Å². The zero-order valence-corrected chi connectivity index (χ0v) is 9.35. The number of carboxylic acids is 1. The fraction of sp³-hybridized carbons (Fsp3) is 0.625. The second kappa shape index (κ2) is 8.31. The molecule has 0 unspecified atom stereocenters. The van der Waals surface area contributed by atoms with E-state index in [9.17, 15) is 9.90 Å². The molecule has 0 bridgehead atoms. The molecule has 0 saturated heterocycles. The van der Waals surface area contributed by atoms with Gasteiger partial charge in [0, 0.05) is 5.97 Å². The molecule has 3 heteroatoms. The van der Waals surface area contributed by atoms with E-state index < -0.39 is 5.97 Å². The van der Waals surface area contributed by atoms with Gasteiger partial charge in [0.15, 0.2) is 0 Å². The summed E-state index contributed by atoms with van der Waals surface area (Å²) in [6, 6.07) is 0. The molecule has 0 aliphatic carbocycles. The summed E-state index contributed by atoms with van der Waals surface area (Å²) in [5, 5.41) is 9.96. The first kappa shape index (κ1) is 13.8. The molecule has 0 heterocycles. The van der Waals surface area contributed by atoms with Crippen molar-refractivity contribution in [3.05, 3.63) is 12.2 Å². The molecule has 0 atom stereocenters. The van der Waals surface area contributed by atoms with E-state index in [1.54, 1.807) is 0 Å². The molecule has 0 aromatic heterocycles. The molecule has 0 saturated carbocycles. The molecule has 58 valence electrons. The first-order chi connectivity index (χ1) is 4.66. The van der Waals surface area contributed by atoms with Crippen LogP contribution in [0.4, 0.5) is 0 Å². The number of carbonyl (C=O) groups excluding carboxylic acids is 1. The van der Waals surface area contributed by atoms with E-state index in [0.717, 1.165) is 18.4 Å². The number of allylic oxidation sites excluding steroid dienone is 1. The van der Waals surface area contributed by atoms with Crippen LogP contribution in [0.15, 0.2) is 12.2 Å². The molecule has 0 radical (unpaired) electrons. The largest absolute Gasteiger partial charge is 1.00 e. The van der Waals surface area contributed by atoms with E-state index in [1.807, 2.05) is 6.92 Å². The van der Waals surface area contributed by atoms with Gasteiger partial charge < -0.3 is 9.90 Å². The van der Waals surface area contributed by atoms with E-state index in [2.05, 4.69) is 6.58 Å². The second-order valence-electron chi connectivity index (χ2n) is 2.37. The molecule has 0 spiro atoms. The van der Waals surface area contributed by atoms with E-state index in [4.69, 9.17) is 0 Å². The Balaban J connectivity index is 0. The van der Waals surface area contributed by atoms with Crippen LogP contribution >= 0.6 is 0 Å². The van der Waals surface area contributed by atoms with Crippen molar-refractivity contribution in [3.63, 3.8) is 0 Å². The first-order valence-corrected chi connectivity index (χ1v) is 3.53. The molecule has 0 amide bonds. The number of carbonyl (C=O) groups is 1. The minimum absolute atomic E-state index is 0. The SMILES string of the molecule is C=C(CCC)CCC(=O)[O-].[Na+]. The summed E-state index contributed by atoms with van der Waals surface area (Å²) >= 11 is 0. The Morgan fingerprint density at radius 1 is 1.36 bits per heavy atom. The molecule has 0 rings (SSSR count). The zero-order chi connectivity index (χ0) is 7.98. The van der Waals surface area contributed by atoms with Crippen molar-refractivity contribution in [2.24, 2.45) is 0 Å². The Morgan fingerprint density at radius 2 is 1.91 bits per heavy atom. The fourth-order valence-corrected chi connectivity index (χ4v) is 0.757. The molecule has 0 aliphatic heterocycles. The van der Waals surface area contributed by atoms with Crippen molar-refractivity contribution in [1.82, 2.24) is 0 Å². The van der Waals surface area contributed by atoms with Gasteiger partial charge in [-0.1, -0.05) is 25.5 Å². The third kappa shape index (κ3) is 10.2. The summed E-state index contributed by atoms with van der Waals surface area (Å²) in [5.74, 6) is -0.989. The number of rotatable bonds is 5. The Kier molecular flexibility index (Phi) is 10.4. The molecule has 0 fully saturated rings. The minimum atomic E-state index is -0.989. The molecule has 0 aliphatic rings. The first-order valence-electron chi connectivity index (χ1n) is 3.53. The van der Waals surface area contributed by atoms with Crippen LogP contribution < -0.4 is 34.7 Å². The fourth-order valence-electron chi connectivity index (χ4n) is 0.757. The topological polar surface area (TPSA) is 40.1 Å². The van der Waals surface area contributed by atoms with Crippen LogP contribution in [0, 0.1) is 0 Å². The van der Waals surface area contributed by atoms with Crippen LogP contribution in [-0.2, 0) is 4.79 Å². The van der Waals surface area contributed by atoms with E-state index >= 15 is 0 Å². The smallest absolute Gasteiger partial charge is 0.550 e. The normalized spacial score (nSPS) is 8.45. The Labute approximate surface area is 90.0 Å². The monoisotopic (exact) mass is 164 g/mol. The quantitative estimate of drug-likeness (QED) is 0.344. The maximum Gasteiger partial charge on any atom is 1.00 e. The average molecular weight is 164 g/mol. The predicted octanol–water partition coefficient (Wildman–Crippen LogP) is -2.12. The molecule has 0 aromatic rings. The van der Waals surface area contributed by atoms with Gasteiger partial charge in [-0.25, -0.2) is 0 Å². The van der Waals surface area contributed by atoms with Gasteiger partial charge >= 0.3 is 29.6 Å². The van der Waals surface area contributed by atoms with Crippen LogP contribution in [0.3, 0.4) is 0 Å². The average Bonchev–Trinajstić information content (AvgIpc) is 1.85. The van der Waals surface area contributed by atoms with E-state index in [-0.39, 0.29) is 36.0 Å². The van der Waals surface area contributed by atoms with E-state index in [1.165, 1.54) is 0 Å². The molecule has 11 heavy (non-hydrogen) atoms. The standard InChI is InChI=1S/C8H14O2.Na/c1-3-4-7(2)5-6-8(9)10;/h2-6H2,1H3,(H,9,10);/q;+1/p-1. The Bertz CT molecular complexity index is 132. The van der Waals surface area contributed by atoms with Crippen LogP contribution in [0.25, 0.3) is 0 Å². The Morgan fingerprint density at radius 3 is 2.27 bits per heavy atom. The predicted molar refractivity (Wildman–Crippen MR) is 38.3 cm³/mol. The third-order valence-corrected chi connectivity index (χ3v) is 1.29. The number of hydrogen-bond acceptors (Lipinski definition) is 2. The van der Waals surface area contributed by atoms with Gasteiger partial charge in [-0.2, -0.15) is 0 Å².